The number of thiocarbonyl (C=S) groups is 1. The van der Waals surface area contributed by atoms with E-state index in [4.69, 9.17) is 21.7 Å². The molecule has 0 bridgehead atoms. The van der Waals surface area contributed by atoms with Crippen LogP contribution in [-0.4, -0.2) is 46.9 Å². The fourth-order valence-electron chi connectivity index (χ4n) is 2.04. The van der Waals surface area contributed by atoms with Crippen LogP contribution in [0, 0.1) is 0 Å². The lowest BCUT2D eigenvalue weighted by Crippen LogP contribution is -2.34. The lowest BCUT2D eigenvalue weighted by molar-refractivity contribution is -0.125. The molecule has 0 radical (unpaired) electrons. The summed E-state index contributed by atoms with van der Waals surface area (Å²) >= 11 is 6.24. The summed E-state index contributed by atoms with van der Waals surface area (Å²) in [4.78, 5) is 26.1. The number of thioether (sulfide) groups is 1. The highest BCUT2D eigenvalue weighted by atomic mass is 32.2. The molecule has 1 aromatic carbocycles. The minimum atomic E-state index is -0.810. The van der Waals surface area contributed by atoms with Gasteiger partial charge in [-0.15, -0.1) is 0 Å². The minimum absolute atomic E-state index is 0.257. The maximum atomic E-state index is 12.5. The molecule has 0 N–H and O–H groups in total. The van der Waals surface area contributed by atoms with Gasteiger partial charge in [-0.25, -0.2) is 0 Å². The lowest BCUT2D eigenvalue weighted by Gasteiger charge is -2.12. The number of Topliss-reactive ketones (excluding diaryl/α,β-unsaturated/α-hetero) is 1. The quantitative estimate of drug-likeness (QED) is 0.470. The number of benzene rings is 1. The first-order valence-electron chi connectivity index (χ1n) is 6.31. The van der Waals surface area contributed by atoms with Crippen LogP contribution < -0.4 is 9.47 Å². The van der Waals surface area contributed by atoms with Crippen LogP contribution in [0.25, 0.3) is 0 Å². The van der Waals surface area contributed by atoms with Crippen LogP contribution in [0.2, 0.25) is 0 Å². The normalized spacial score (nSPS) is 18.0. The van der Waals surface area contributed by atoms with Gasteiger partial charge < -0.3 is 9.47 Å². The first kappa shape index (κ1) is 15.8. The highest BCUT2D eigenvalue weighted by molar-refractivity contribution is 8.24. The number of carbonyl (C=O) groups is 2. The summed E-state index contributed by atoms with van der Waals surface area (Å²) < 4.78 is 10.8. The SMILES string of the molecule is CCN1C(=O)[C@@H](C(=O)c2ccc(OC)c(OC)c2)SC1=S. The Labute approximate surface area is 132 Å². The molecule has 1 atom stereocenters. The van der Waals surface area contributed by atoms with Gasteiger partial charge in [-0.05, 0) is 25.1 Å². The van der Waals surface area contributed by atoms with Gasteiger partial charge in [0, 0.05) is 12.1 Å². The smallest absolute Gasteiger partial charge is 0.249 e. The molecule has 5 nitrogen and oxygen atoms in total. The Morgan fingerprint density at radius 1 is 1.33 bits per heavy atom. The monoisotopic (exact) mass is 325 g/mol. The van der Waals surface area contributed by atoms with Gasteiger partial charge in [0.1, 0.15) is 4.32 Å². The zero-order valence-electron chi connectivity index (χ0n) is 11.9. The summed E-state index contributed by atoms with van der Waals surface area (Å²) in [6.07, 6.45) is 0. The van der Waals surface area contributed by atoms with Crippen molar-refractivity contribution in [1.29, 1.82) is 0 Å². The minimum Gasteiger partial charge on any atom is -0.493 e. The Morgan fingerprint density at radius 2 is 2.00 bits per heavy atom. The predicted molar refractivity (Wildman–Crippen MR) is 85.2 cm³/mol. The molecular formula is C14H15NO4S2. The zero-order valence-corrected chi connectivity index (χ0v) is 13.5. The summed E-state index contributed by atoms with van der Waals surface area (Å²) in [6.45, 7) is 2.30. The number of ketones is 1. The largest absolute Gasteiger partial charge is 0.493 e. The third-order valence-electron chi connectivity index (χ3n) is 3.15. The Hall–Kier alpha value is -1.60. The standard InChI is InChI=1S/C14H15NO4S2/c1-4-15-13(17)12(21-14(15)20)11(16)8-5-6-9(18-2)10(7-8)19-3/h5-7,12H,4H2,1-3H3/t12-/m1/s1. The maximum Gasteiger partial charge on any atom is 0.249 e. The van der Waals surface area contributed by atoms with Gasteiger partial charge >= 0.3 is 0 Å². The van der Waals surface area contributed by atoms with Crippen LogP contribution in [0.1, 0.15) is 17.3 Å². The number of hydrogen-bond acceptors (Lipinski definition) is 6. The van der Waals surface area contributed by atoms with E-state index in [-0.39, 0.29) is 11.7 Å². The van der Waals surface area contributed by atoms with Crippen LogP contribution in [0.15, 0.2) is 18.2 Å². The van der Waals surface area contributed by atoms with Gasteiger partial charge in [-0.3, -0.25) is 14.5 Å². The van der Waals surface area contributed by atoms with Crippen molar-refractivity contribution in [2.45, 2.75) is 12.2 Å². The molecule has 1 amide bonds. The Kier molecular flexibility index (Phi) is 4.84. The summed E-state index contributed by atoms with van der Waals surface area (Å²) in [5.74, 6) is 0.454. The van der Waals surface area contributed by atoms with E-state index in [2.05, 4.69) is 0 Å². The molecule has 1 aliphatic rings. The van der Waals surface area contributed by atoms with Gasteiger partial charge in [0.25, 0.3) is 0 Å². The lowest BCUT2D eigenvalue weighted by atomic mass is 10.1. The van der Waals surface area contributed by atoms with Crippen molar-refractivity contribution in [3.8, 4) is 11.5 Å². The summed E-state index contributed by atoms with van der Waals surface area (Å²) in [5.41, 5.74) is 0.402. The van der Waals surface area contributed by atoms with Gasteiger partial charge in [0.15, 0.2) is 22.5 Å². The average Bonchev–Trinajstić information content (AvgIpc) is 2.79. The molecule has 1 fully saturated rings. The molecule has 0 aliphatic carbocycles. The van der Waals surface area contributed by atoms with Crippen molar-refractivity contribution < 1.29 is 19.1 Å². The number of ether oxygens (including phenoxy) is 2. The fraction of sp³-hybridized carbons (Fsp3) is 0.357. The molecule has 0 aromatic heterocycles. The Balaban J connectivity index is 2.29. The molecule has 1 aliphatic heterocycles. The van der Waals surface area contributed by atoms with Crippen molar-refractivity contribution in [2.24, 2.45) is 0 Å². The summed E-state index contributed by atoms with van der Waals surface area (Å²) in [5, 5.41) is -0.810. The van der Waals surface area contributed by atoms with E-state index in [0.29, 0.717) is 27.9 Å². The van der Waals surface area contributed by atoms with E-state index < -0.39 is 5.25 Å². The number of hydrogen-bond donors (Lipinski definition) is 0. The molecule has 21 heavy (non-hydrogen) atoms. The number of nitrogens with zero attached hydrogens (tertiary/aromatic N) is 1. The maximum absolute atomic E-state index is 12.5. The molecule has 2 rings (SSSR count). The first-order valence-corrected chi connectivity index (χ1v) is 7.60. The van der Waals surface area contributed by atoms with Crippen LogP contribution in [-0.2, 0) is 4.79 Å². The van der Waals surface area contributed by atoms with Crippen molar-refractivity contribution in [2.75, 3.05) is 20.8 Å². The van der Waals surface area contributed by atoms with E-state index in [9.17, 15) is 9.59 Å². The molecule has 1 saturated heterocycles. The van der Waals surface area contributed by atoms with Gasteiger partial charge in [0.05, 0.1) is 14.2 Å². The van der Waals surface area contributed by atoms with Crippen molar-refractivity contribution >= 4 is 40.0 Å². The van der Waals surface area contributed by atoms with E-state index in [1.165, 1.54) is 19.1 Å². The first-order chi connectivity index (χ1) is 10.0. The molecule has 112 valence electrons. The van der Waals surface area contributed by atoms with E-state index >= 15 is 0 Å². The number of methoxy groups -OCH3 is 2. The third kappa shape index (κ3) is 2.89. The number of rotatable bonds is 5. The van der Waals surface area contributed by atoms with Gasteiger partial charge in [-0.2, -0.15) is 0 Å². The molecular weight excluding hydrogens is 310 g/mol. The fourth-order valence-corrected chi connectivity index (χ4v) is 3.56. The molecule has 0 saturated carbocycles. The molecule has 0 spiro atoms. The van der Waals surface area contributed by atoms with E-state index in [1.807, 2.05) is 6.92 Å². The van der Waals surface area contributed by atoms with Crippen LogP contribution in [0.5, 0.6) is 11.5 Å². The summed E-state index contributed by atoms with van der Waals surface area (Å²) in [6, 6.07) is 4.84. The van der Waals surface area contributed by atoms with Crippen LogP contribution in [0.3, 0.4) is 0 Å². The highest BCUT2D eigenvalue weighted by Crippen LogP contribution is 2.32. The molecule has 1 aromatic rings. The van der Waals surface area contributed by atoms with Gasteiger partial charge in [0.2, 0.25) is 5.91 Å². The van der Waals surface area contributed by atoms with Crippen molar-refractivity contribution in [3.05, 3.63) is 23.8 Å². The van der Waals surface area contributed by atoms with Crippen LogP contribution in [0.4, 0.5) is 0 Å². The summed E-state index contributed by atoms with van der Waals surface area (Å²) in [7, 11) is 3.02. The molecule has 1 heterocycles. The van der Waals surface area contributed by atoms with Crippen LogP contribution >= 0.6 is 24.0 Å². The average molecular weight is 325 g/mol. The Bertz CT molecular complexity index is 603. The third-order valence-corrected chi connectivity index (χ3v) is 4.73. The van der Waals surface area contributed by atoms with Crippen molar-refractivity contribution in [1.82, 2.24) is 4.90 Å². The number of carbonyl (C=O) groups excluding carboxylic acids is 2. The topological polar surface area (TPSA) is 55.8 Å². The van der Waals surface area contributed by atoms with Crippen molar-refractivity contribution in [3.63, 3.8) is 0 Å². The zero-order chi connectivity index (χ0) is 15.6. The highest BCUT2D eigenvalue weighted by Gasteiger charge is 2.41. The second-order valence-corrected chi connectivity index (χ2v) is 6.02. The van der Waals surface area contributed by atoms with E-state index in [0.717, 1.165) is 11.8 Å². The Morgan fingerprint density at radius 3 is 2.52 bits per heavy atom. The second-order valence-electron chi connectivity index (χ2n) is 4.28. The molecule has 0 unspecified atom stereocenters. The number of amides is 1. The second kappa shape index (κ2) is 6.44. The van der Waals surface area contributed by atoms with Gasteiger partial charge in [-0.1, -0.05) is 24.0 Å². The molecule has 7 heteroatoms. The predicted octanol–water partition coefficient (Wildman–Crippen LogP) is 2.14. The van der Waals surface area contributed by atoms with E-state index in [1.54, 1.807) is 18.2 Å².